The fraction of sp³-hybridized carbons (Fsp3) is 0.591. The first-order valence-corrected chi connectivity index (χ1v) is 10.1. The zero-order valence-electron chi connectivity index (χ0n) is 16.7. The summed E-state index contributed by atoms with van der Waals surface area (Å²) in [6.45, 7) is 3.89. The van der Waals surface area contributed by atoms with Crippen molar-refractivity contribution in [2.75, 3.05) is 6.54 Å². The summed E-state index contributed by atoms with van der Waals surface area (Å²) in [6.07, 6.45) is 4.99. The molecule has 1 unspecified atom stereocenters. The largest absolute Gasteiger partial charge is 0.461 e. The smallest absolute Gasteiger partial charge is 0.417 e. The molecule has 1 aliphatic heterocycles. The van der Waals surface area contributed by atoms with Crippen LogP contribution in [0.5, 0.6) is 0 Å². The summed E-state index contributed by atoms with van der Waals surface area (Å²) < 4.78 is 10.7. The molecule has 0 N–H and O–H groups in total. The molecule has 1 aromatic rings. The molecule has 6 heteroatoms. The van der Waals surface area contributed by atoms with Gasteiger partial charge in [0.25, 0.3) is 0 Å². The number of hydrogen-bond donors (Lipinski definition) is 0. The highest BCUT2D eigenvalue weighted by molar-refractivity contribution is 5.98. The van der Waals surface area contributed by atoms with Gasteiger partial charge >= 0.3 is 12.1 Å². The molecule has 1 saturated heterocycles. The number of benzene rings is 1. The molecular formula is C22H29NO5. The Labute approximate surface area is 166 Å². The van der Waals surface area contributed by atoms with E-state index in [1.807, 2.05) is 30.3 Å². The Kier molecular flexibility index (Phi) is 6.37. The standard InChI is InChI=1S/C22H29NO5/c1-22(2,13-19(24)27-15-17-10-4-3-5-11-17)28-21(26)23-14-18(20(23)25)12-16-8-6-7-9-16/h3-5,10-11,16,18H,6-9,12-15H2,1-2H3. The van der Waals surface area contributed by atoms with Gasteiger partial charge in [-0.1, -0.05) is 56.0 Å². The van der Waals surface area contributed by atoms with Crippen molar-refractivity contribution in [3.8, 4) is 0 Å². The molecule has 1 aromatic carbocycles. The molecule has 1 aliphatic carbocycles. The summed E-state index contributed by atoms with van der Waals surface area (Å²) in [4.78, 5) is 37.8. The highest BCUT2D eigenvalue weighted by atomic mass is 16.6. The van der Waals surface area contributed by atoms with Crippen molar-refractivity contribution in [1.82, 2.24) is 4.90 Å². The number of rotatable bonds is 7. The van der Waals surface area contributed by atoms with Crippen molar-refractivity contribution in [3.63, 3.8) is 0 Å². The molecule has 1 saturated carbocycles. The maximum absolute atomic E-state index is 12.3. The Morgan fingerprint density at radius 2 is 1.82 bits per heavy atom. The Morgan fingerprint density at radius 1 is 1.14 bits per heavy atom. The molecule has 28 heavy (non-hydrogen) atoms. The molecule has 6 nitrogen and oxygen atoms in total. The van der Waals surface area contributed by atoms with Crippen molar-refractivity contribution < 1.29 is 23.9 Å². The van der Waals surface area contributed by atoms with Gasteiger partial charge < -0.3 is 9.47 Å². The molecule has 152 valence electrons. The molecule has 0 spiro atoms. The molecular weight excluding hydrogens is 358 g/mol. The summed E-state index contributed by atoms with van der Waals surface area (Å²) in [5.74, 6) is -0.0485. The third-order valence-electron chi connectivity index (χ3n) is 5.51. The molecule has 2 fully saturated rings. The minimum Gasteiger partial charge on any atom is -0.461 e. The number of esters is 1. The molecule has 0 radical (unpaired) electrons. The average Bonchev–Trinajstić information content (AvgIpc) is 3.16. The zero-order valence-corrected chi connectivity index (χ0v) is 16.7. The maximum Gasteiger partial charge on any atom is 0.417 e. The van der Waals surface area contributed by atoms with Crippen LogP contribution in [0.15, 0.2) is 30.3 Å². The third kappa shape index (κ3) is 5.33. The van der Waals surface area contributed by atoms with Gasteiger partial charge in [-0.15, -0.1) is 0 Å². The number of carbonyl (C=O) groups is 3. The van der Waals surface area contributed by atoms with E-state index in [0.29, 0.717) is 12.5 Å². The first-order chi connectivity index (χ1) is 13.3. The van der Waals surface area contributed by atoms with Crippen LogP contribution in [0.3, 0.4) is 0 Å². The summed E-state index contributed by atoms with van der Waals surface area (Å²) in [7, 11) is 0. The predicted molar refractivity (Wildman–Crippen MR) is 103 cm³/mol. The van der Waals surface area contributed by atoms with E-state index in [9.17, 15) is 14.4 Å². The van der Waals surface area contributed by atoms with Crippen LogP contribution in [0.1, 0.15) is 57.9 Å². The van der Waals surface area contributed by atoms with Crippen LogP contribution >= 0.6 is 0 Å². The molecule has 1 heterocycles. The third-order valence-corrected chi connectivity index (χ3v) is 5.51. The topological polar surface area (TPSA) is 72.9 Å². The van der Waals surface area contributed by atoms with E-state index in [-0.39, 0.29) is 24.9 Å². The number of ether oxygens (including phenoxy) is 2. The van der Waals surface area contributed by atoms with E-state index in [2.05, 4.69) is 0 Å². The molecule has 0 bridgehead atoms. The Balaban J connectivity index is 1.41. The lowest BCUT2D eigenvalue weighted by Gasteiger charge is -2.38. The van der Waals surface area contributed by atoms with Crippen LogP contribution in [-0.2, 0) is 25.7 Å². The van der Waals surface area contributed by atoms with Crippen molar-refractivity contribution in [2.24, 2.45) is 11.8 Å². The lowest BCUT2D eigenvalue weighted by atomic mass is 9.87. The van der Waals surface area contributed by atoms with Gasteiger partial charge in [-0.2, -0.15) is 0 Å². The number of likely N-dealkylation sites (tertiary alicyclic amines) is 1. The second-order valence-electron chi connectivity index (χ2n) is 8.48. The summed E-state index contributed by atoms with van der Waals surface area (Å²) in [5, 5.41) is 0. The van der Waals surface area contributed by atoms with Gasteiger partial charge in [0.05, 0.1) is 12.3 Å². The van der Waals surface area contributed by atoms with E-state index < -0.39 is 17.7 Å². The second-order valence-corrected chi connectivity index (χ2v) is 8.48. The molecule has 0 aromatic heterocycles. The number of hydrogen-bond acceptors (Lipinski definition) is 5. The van der Waals surface area contributed by atoms with Crippen LogP contribution in [0.25, 0.3) is 0 Å². The van der Waals surface area contributed by atoms with Crippen molar-refractivity contribution in [3.05, 3.63) is 35.9 Å². The monoisotopic (exact) mass is 387 g/mol. The van der Waals surface area contributed by atoms with E-state index in [1.165, 1.54) is 25.7 Å². The van der Waals surface area contributed by atoms with Gasteiger partial charge in [-0.3, -0.25) is 9.59 Å². The number of β-lactam (4-membered cyclic amide) rings is 1. The Bertz CT molecular complexity index is 709. The summed E-state index contributed by atoms with van der Waals surface area (Å²) in [5.41, 5.74) is -0.146. The summed E-state index contributed by atoms with van der Waals surface area (Å²) >= 11 is 0. The molecule has 3 rings (SSSR count). The van der Waals surface area contributed by atoms with Crippen molar-refractivity contribution in [2.45, 2.75) is 64.6 Å². The highest BCUT2D eigenvalue weighted by Gasteiger charge is 2.44. The van der Waals surface area contributed by atoms with E-state index in [1.54, 1.807) is 13.8 Å². The van der Waals surface area contributed by atoms with Gasteiger partial charge in [-0.05, 0) is 31.7 Å². The van der Waals surface area contributed by atoms with E-state index in [4.69, 9.17) is 9.47 Å². The SMILES string of the molecule is CC(C)(CC(=O)OCc1ccccc1)OC(=O)N1CC(CC2CCCC2)C1=O. The molecule has 2 amide bonds. The minimum absolute atomic E-state index is 0.0606. The number of carbonyl (C=O) groups excluding carboxylic acids is 3. The van der Waals surface area contributed by atoms with Gasteiger partial charge in [0, 0.05) is 6.54 Å². The Morgan fingerprint density at radius 3 is 2.46 bits per heavy atom. The average molecular weight is 387 g/mol. The van der Waals surface area contributed by atoms with Crippen molar-refractivity contribution >= 4 is 18.0 Å². The van der Waals surface area contributed by atoms with Gasteiger partial charge in [0.2, 0.25) is 5.91 Å². The first-order valence-electron chi connectivity index (χ1n) is 10.1. The molecule has 1 atom stereocenters. The van der Waals surface area contributed by atoms with Gasteiger partial charge in [-0.25, -0.2) is 9.69 Å². The number of amides is 2. The first kappa shape index (κ1) is 20.4. The molecule has 2 aliphatic rings. The normalized spacial score (nSPS) is 20.0. The Hall–Kier alpha value is -2.37. The zero-order chi connectivity index (χ0) is 20.1. The van der Waals surface area contributed by atoms with E-state index in [0.717, 1.165) is 16.9 Å². The number of nitrogens with zero attached hydrogens (tertiary/aromatic N) is 1. The maximum atomic E-state index is 12.3. The fourth-order valence-electron chi connectivity index (χ4n) is 3.95. The van der Waals surface area contributed by atoms with Crippen LogP contribution < -0.4 is 0 Å². The number of imide groups is 1. The predicted octanol–water partition coefficient (Wildman–Crippen LogP) is 4.07. The van der Waals surface area contributed by atoms with Gasteiger partial charge in [0.1, 0.15) is 12.2 Å². The summed E-state index contributed by atoms with van der Waals surface area (Å²) in [6, 6.07) is 9.38. The van der Waals surface area contributed by atoms with Crippen LogP contribution in [0.4, 0.5) is 4.79 Å². The highest BCUT2D eigenvalue weighted by Crippen LogP contribution is 2.34. The van der Waals surface area contributed by atoms with Crippen LogP contribution in [-0.4, -0.2) is 35.0 Å². The fourth-order valence-corrected chi connectivity index (χ4v) is 3.95. The van der Waals surface area contributed by atoms with Crippen LogP contribution in [0, 0.1) is 11.8 Å². The lowest BCUT2D eigenvalue weighted by Crippen LogP contribution is -2.57. The van der Waals surface area contributed by atoms with E-state index >= 15 is 0 Å². The lowest BCUT2D eigenvalue weighted by molar-refractivity contribution is -0.151. The van der Waals surface area contributed by atoms with Crippen LogP contribution in [0.2, 0.25) is 0 Å². The second kappa shape index (κ2) is 8.76. The van der Waals surface area contributed by atoms with Gasteiger partial charge in [0.15, 0.2) is 0 Å². The minimum atomic E-state index is -1.04. The van der Waals surface area contributed by atoms with Crippen molar-refractivity contribution in [1.29, 1.82) is 0 Å². The quantitative estimate of drug-likeness (QED) is 0.521.